The third-order valence-corrected chi connectivity index (χ3v) is 4.64. The second kappa shape index (κ2) is 13.5. The Morgan fingerprint density at radius 2 is 1.43 bits per heavy atom. The summed E-state index contributed by atoms with van der Waals surface area (Å²) in [6.45, 7) is 6.92. The van der Waals surface area contributed by atoms with Crippen LogP contribution in [-0.2, 0) is 24.0 Å². The molecule has 0 spiro atoms. The summed E-state index contributed by atoms with van der Waals surface area (Å²) in [5, 5.41) is 0. The van der Waals surface area contributed by atoms with Gasteiger partial charge in [-0.25, -0.2) is 8.42 Å². The maximum Gasteiger partial charge on any atom is 0.154 e. The first kappa shape index (κ1) is 20.8. The highest BCUT2D eigenvalue weighted by Crippen LogP contribution is 1.97. The molecule has 21 heavy (non-hydrogen) atoms. The molecule has 0 saturated heterocycles. The van der Waals surface area contributed by atoms with E-state index in [1.807, 2.05) is 6.92 Å². The van der Waals surface area contributed by atoms with Crippen molar-refractivity contribution in [3.05, 3.63) is 0 Å². The van der Waals surface area contributed by atoms with Crippen LogP contribution in [0, 0.1) is 0 Å². The lowest BCUT2D eigenvalue weighted by atomic mass is 10.3. The molecule has 0 aliphatic rings. The van der Waals surface area contributed by atoms with E-state index < -0.39 is 9.84 Å². The summed E-state index contributed by atoms with van der Waals surface area (Å²) >= 11 is 0. The van der Waals surface area contributed by atoms with E-state index >= 15 is 0 Å². The van der Waals surface area contributed by atoms with E-state index in [9.17, 15) is 8.42 Å². The zero-order valence-corrected chi connectivity index (χ0v) is 14.2. The zero-order chi connectivity index (χ0) is 16.0. The summed E-state index contributed by atoms with van der Waals surface area (Å²) < 4.78 is 39.2. The molecule has 0 heterocycles. The summed E-state index contributed by atoms with van der Waals surface area (Å²) in [5.74, 6) is 0.0410. The van der Waals surface area contributed by atoms with Gasteiger partial charge < -0.3 is 19.9 Å². The Bertz CT molecular complexity index is 321. The largest absolute Gasteiger partial charge is 0.379 e. The normalized spacial score (nSPS) is 13.5. The smallest absolute Gasteiger partial charge is 0.154 e. The molecule has 0 aliphatic heterocycles. The minimum atomic E-state index is -3.11. The third-order valence-electron chi connectivity index (χ3n) is 2.92. The first-order valence-corrected chi connectivity index (χ1v) is 9.53. The van der Waals surface area contributed by atoms with Crippen molar-refractivity contribution in [1.82, 2.24) is 0 Å². The maximum absolute atomic E-state index is 11.7. The molecule has 0 aromatic carbocycles. The Morgan fingerprint density at radius 1 is 0.905 bits per heavy atom. The molecule has 1 atom stereocenters. The molecule has 0 bridgehead atoms. The summed E-state index contributed by atoms with van der Waals surface area (Å²) in [7, 11) is -3.11. The Morgan fingerprint density at radius 3 is 1.95 bits per heavy atom. The topological polar surface area (TPSA) is 87.9 Å². The molecular weight excluding hydrogens is 294 g/mol. The zero-order valence-electron chi connectivity index (χ0n) is 13.4. The van der Waals surface area contributed by atoms with Crippen LogP contribution in [0.5, 0.6) is 0 Å². The Balaban J connectivity index is 3.36. The van der Waals surface area contributed by atoms with Crippen molar-refractivity contribution in [2.75, 3.05) is 51.1 Å². The molecule has 0 saturated carbocycles. The van der Waals surface area contributed by atoms with Crippen molar-refractivity contribution in [3.63, 3.8) is 0 Å². The highest BCUT2D eigenvalue weighted by molar-refractivity contribution is 7.91. The molecule has 0 radical (unpaired) electrons. The fraction of sp³-hybridized carbons (Fsp3) is 1.00. The SMILES string of the molecule is CCCCOCCOCCOCCS(=O)(=O)CC(N)CC. The van der Waals surface area contributed by atoms with Crippen molar-refractivity contribution in [2.45, 2.75) is 39.2 Å². The van der Waals surface area contributed by atoms with Crippen molar-refractivity contribution in [3.8, 4) is 0 Å². The van der Waals surface area contributed by atoms with Crippen LogP contribution < -0.4 is 5.73 Å². The van der Waals surface area contributed by atoms with Crippen LogP contribution in [-0.4, -0.2) is 65.6 Å². The highest BCUT2D eigenvalue weighted by Gasteiger charge is 2.14. The van der Waals surface area contributed by atoms with Gasteiger partial charge in [0.25, 0.3) is 0 Å². The molecule has 0 aliphatic carbocycles. The predicted molar refractivity (Wildman–Crippen MR) is 84.3 cm³/mol. The summed E-state index contributed by atoms with van der Waals surface area (Å²) in [6.07, 6.45) is 2.86. The lowest BCUT2D eigenvalue weighted by molar-refractivity contribution is 0.0167. The summed E-state index contributed by atoms with van der Waals surface area (Å²) in [5.41, 5.74) is 5.64. The minimum Gasteiger partial charge on any atom is -0.379 e. The number of hydrogen-bond acceptors (Lipinski definition) is 6. The van der Waals surface area contributed by atoms with Crippen molar-refractivity contribution in [1.29, 1.82) is 0 Å². The maximum atomic E-state index is 11.7. The van der Waals surface area contributed by atoms with Gasteiger partial charge in [-0.3, -0.25) is 0 Å². The van der Waals surface area contributed by atoms with E-state index in [0.29, 0.717) is 32.8 Å². The molecule has 0 amide bonds. The molecule has 0 aromatic heterocycles. The molecular formula is C14H31NO5S. The average Bonchev–Trinajstić information content (AvgIpc) is 2.44. The molecule has 2 N–H and O–H groups in total. The second-order valence-electron chi connectivity index (χ2n) is 4.97. The number of nitrogens with two attached hydrogens (primary N) is 1. The Hall–Kier alpha value is -0.210. The number of sulfone groups is 1. The second-order valence-corrected chi connectivity index (χ2v) is 7.20. The van der Waals surface area contributed by atoms with Gasteiger partial charge in [0.15, 0.2) is 9.84 Å². The fourth-order valence-electron chi connectivity index (χ4n) is 1.50. The van der Waals surface area contributed by atoms with Crippen LogP contribution in [0.25, 0.3) is 0 Å². The first-order chi connectivity index (χ1) is 10.0. The van der Waals surface area contributed by atoms with E-state index in [1.54, 1.807) is 0 Å². The van der Waals surface area contributed by atoms with Crippen molar-refractivity contribution >= 4 is 9.84 Å². The number of hydrogen-bond donors (Lipinski definition) is 1. The van der Waals surface area contributed by atoms with E-state index in [-0.39, 0.29) is 24.2 Å². The van der Waals surface area contributed by atoms with Crippen LogP contribution >= 0.6 is 0 Å². The van der Waals surface area contributed by atoms with Gasteiger partial charge >= 0.3 is 0 Å². The Labute approximate surface area is 129 Å². The van der Waals surface area contributed by atoms with Gasteiger partial charge in [-0.2, -0.15) is 0 Å². The highest BCUT2D eigenvalue weighted by atomic mass is 32.2. The fourth-order valence-corrected chi connectivity index (χ4v) is 2.93. The lowest BCUT2D eigenvalue weighted by Gasteiger charge is -2.10. The van der Waals surface area contributed by atoms with E-state index in [2.05, 4.69) is 6.92 Å². The summed E-state index contributed by atoms with van der Waals surface area (Å²) in [6, 6.07) is -0.286. The van der Waals surface area contributed by atoms with E-state index in [4.69, 9.17) is 19.9 Å². The van der Waals surface area contributed by atoms with Crippen molar-refractivity contribution < 1.29 is 22.6 Å². The van der Waals surface area contributed by atoms with E-state index in [0.717, 1.165) is 19.4 Å². The predicted octanol–water partition coefficient (Wildman–Crippen LogP) is 0.988. The van der Waals surface area contributed by atoms with Gasteiger partial charge in [0.1, 0.15) is 0 Å². The van der Waals surface area contributed by atoms with Crippen LogP contribution in [0.4, 0.5) is 0 Å². The molecule has 6 nitrogen and oxygen atoms in total. The lowest BCUT2D eigenvalue weighted by Crippen LogP contribution is -2.31. The molecule has 7 heteroatoms. The van der Waals surface area contributed by atoms with Crippen LogP contribution in [0.2, 0.25) is 0 Å². The van der Waals surface area contributed by atoms with Gasteiger partial charge in [-0.05, 0) is 12.8 Å². The van der Waals surface area contributed by atoms with Crippen LogP contribution in [0.15, 0.2) is 0 Å². The minimum absolute atomic E-state index is 0.0147. The molecule has 0 rings (SSSR count). The average molecular weight is 325 g/mol. The quantitative estimate of drug-likeness (QED) is 0.452. The molecule has 128 valence electrons. The van der Waals surface area contributed by atoms with Crippen molar-refractivity contribution in [2.24, 2.45) is 5.73 Å². The Kier molecular flexibility index (Phi) is 13.3. The standard InChI is InChI=1S/C14H31NO5S/c1-3-5-6-18-7-8-19-9-10-20-11-12-21(16,17)13-14(15)4-2/h14H,3-13,15H2,1-2H3. The monoisotopic (exact) mass is 325 g/mol. The van der Waals surface area contributed by atoms with Crippen LogP contribution in [0.1, 0.15) is 33.1 Å². The number of unbranched alkanes of at least 4 members (excludes halogenated alkanes) is 1. The van der Waals surface area contributed by atoms with Gasteiger partial charge in [-0.1, -0.05) is 20.3 Å². The van der Waals surface area contributed by atoms with Gasteiger partial charge in [0, 0.05) is 12.6 Å². The molecule has 1 unspecified atom stereocenters. The van der Waals surface area contributed by atoms with Gasteiger partial charge in [-0.15, -0.1) is 0 Å². The summed E-state index contributed by atoms with van der Waals surface area (Å²) in [4.78, 5) is 0. The number of ether oxygens (including phenoxy) is 3. The first-order valence-electron chi connectivity index (χ1n) is 7.71. The molecule has 0 aromatic rings. The number of rotatable bonds is 15. The van der Waals surface area contributed by atoms with Crippen LogP contribution in [0.3, 0.4) is 0 Å². The van der Waals surface area contributed by atoms with Gasteiger partial charge in [0.05, 0.1) is 44.5 Å². The molecule has 0 fully saturated rings. The van der Waals surface area contributed by atoms with Gasteiger partial charge in [0.2, 0.25) is 0 Å². The van der Waals surface area contributed by atoms with E-state index in [1.165, 1.54) is 0 Å². The third kappa shape index (κ3) is 14.5.